The molecule has 0 spiro atoms. The van der Waals surface area contributed by atoms with Crippen molar-refractivity contribution in [3.63, 3.8) is 0 Å². The highest BCUT2D eigenvalue weighted by Crippen LogP contribution is 2.34. The second-order valence-corrected chi connectivity index (χ2v) is 5.40. The van der Waals surface area contributed by atoms with E-state index in [1.165, 1.54) is 11.1 Å². The molecule has 4 aromatic rings. The number of hydrogen-bond donors (Lipinski definition) is 0. The molecule has 22 heavy (non-hydrogen) atoms. The molecule has 0 fully saturated rings. The van der Waals surface area contributed by atoms with Crippen LogP contribution in [0, 0.1) is 6.92 Å². The van der Waals surface area contributed by atoms with Gasteiger partial charge < -0.3 is 4.42 Å². The van der Waals surface area contributed by atoms with Crippen LogP contribution in [0.15, 0.2) is 77.2 Å². The minimum Gasteiger partial charge on any atom is -0.436 e. The highest BCUT2D eigenvalue weighted by atomic mass is 16.3. The van der Waals surface area contributed by atoms with Gasteiger partial charge in [0.05, 0.1) is 0 Å². The number of oxazole rings is 1. The molecule has 2 nitrogen and oxygen atoms in total. The lowest BCUT2D eigenvalue weighted by Crippen LogP contribution is -1.86. The molecule has 0 bridgehead atoms. The van der Waals surface area contributed by atoms with Crippen molar-refractivity contribution in [2.75, 3.05) is 0 Å². The molecule has 0 saturated heterocycles. The van der Waals surface area contributed by atoms with Crippen LogP contribution in [0.1, 0.15) is 5.56 Å². The maximum atomic E-state index is 5.96. The topological polar surface area (TPSA) is 26.0 Å². The number of para-hydroxylation sites is 2. The van der Waals surface area contributed by atoms with Crippen molar-refractivity contribution in [3.05, 3.63) is 78.4 Å². The molecule has 3 aromatic carbocycles. The molecule has 2 heteroatoms. The number of fused-ring (bicyclic) bond motifs is 1. The van der Waals surface area contributed by atoms with Gasteiger partial charge in [-0.1, -0.05) is 60.2 Å². The maximum absolute atomic E-state index is 5.96. The van der Waals surface area contributed by atoms with Gasteiger partial charge in [0.15, 0.2) is 5.58 Å². The van der Waals surface area contributed by atoms with E-state index in [1.54, 1.807) is 0 Å². The van der Waals surface area contributed by atoms with Crippen LogP contribution in [0.25, 0.3) is 33.7 Å². The van der Waals surface area contributed by atoms with E-state index in [4.69, 9.17) is 4.42 Å². The van der Waals surface area contributed by atoms with Gasteiger partial charge in [-0.2, -0.15) is 0 Å². The molecule has 4 rings (SSSR count). The van der Waals surface area contributed by atoms with Crippen LogP contribution in [0.4, 0.5) is 0 Å². The largest absolute Gasteiger partial charge is 0.436 e. The monoisotopic (exact) mass is 285 g/mol. The van der Waals surface area contributed by atoms with Crippen molar-refractivity contribution in [1.29, 1.82) is 0 Å². The fourth-order valence-electron chi connectivity index (χ4n) is 2.69. The molecule has 0 atom stereocenters. The maximum Gasteiger partial charge on any atom is 0.227 e. The Hall–Kier alpha value is -2.87. The normalized spacial score (nSPS) is 11.0. The van der Waals surface area contributed by atoms with Crippen LogP contribution in [0.2, 0.25) is 0 Å². The Balaban J connectivity index is 1.95. The highest BCUT2D eigenvalue weighted by Gasteiger charge is 2.13. The fraction of sp³-hybridized carbons (Fsp3) is 0.0500. The summed E-state index contributed by atoms with van der Waals surface area (Å²) in [5.74, 6) is 0.670. The summed E-state index contributed by atoms with van der Waals surface area (Å²) in [6, 6.07) is 24.6. The second-order valence-electron chi connectivity index (χ2n) is 5.40. The van der Waals surface area contributed by atoms with Crippen LogP contribution >= 0.6 is 0 Å². The summed E-state index contributed by atoms with van der Waals surface area (Å²) < 4.78 is 5.96. The minimum absolute atomic E-state index is 0.670. The van der Waals surface area contributed by atoms with Gasteiger partial charge >= 0.3 is 0 Å². The first-order valence-electron chi connectivity index (χ1n) is 7.33. The van der Waals surface area contributed by atoms with Gasteiger partial charge in [-0.15, -0.1) is 0 Å². The third-order valence-electron chi connectivity index (χ3n) is 3.78. The lowest BCUT2D eigenvalue weighted by molar-refractivity contribution is 0.620. The molecule has 0 amide bonds. The predicted octanol–water partition coefficient (Wildman–Crippen LogP) is 5.47. The van der Waals surface area contributed by atoms with Crippen molar-refractivity contribution in [1.82, 2.24) is 4.98 Å². The van der Waals surface area contributed by atoms with Gasteiger partial charge in [0.2, 0.25) is 5.89 Å². The third kappa shape index (κ3) is 2.19. The van der Waals surface area contributed by atoms with Crippen LogP contribution in [0.3, 0.4) is 0 Å². The Bertz CT molecular complexity index is 905. The Morgan fingerprint density at radius 2 is 1.55 bits per heavy atom. The molecule has 0 unspecified atom stereocenters. The zero-order valence-electron chi connectivity index (χ0n) is 12.3. The molecule has 0 aliphatic carbocycles. The van der Waals surface area contributed by atoms with Crippen molar-refractivity contribution < 1.29 is 4.42 Å². The number of hydrogen-bond acceptors (Lipinski definition) is 2. The summed E-state index contributed by atoms with van der Waals surface area (Å²) in [6.45, 7) is 2.08. The average Bonchev–Trinajstić information content (AvgIpc) is 2.99. The van der Waals surface area contributed by atoms with Gasteiger partial charge in [0.1, 0.15) is 5.52 Å². The zero-order valence-corrected chi connectivity index (χ0v) is 12.3. The summed E-state index contributed by atoms with van der Waals surface area (Å²) in [5.41, 5.74) is 6.23. The number of benzene rings is 3. The minimum atomic E-state index is 0.670. The van der Waals surface area contributed by atoms with Crippen molar-refractivity contribution in [2.24, 2.45) is 0 Å². The van der Waals surface area contributed by atoms with E-state index in [1.807, 2.05) is 42.5 Å². The molecule has 0 radical (unpaired) electrons. The third-order valence-corrected chi connectivity index (χ3v) is 3.78. The number of aromatic nitrogens is 1. The lowest BCUT2D eigenvalue weighted by atomic mass is 9.98. The molecule has 1 aromatic heterocycles. The van der Waals surface area contributed by atoms with Crippen LogP contribution in [-0.4, -0.2) is 4.98 Å². The summed E-state index contributed by atoms with van der Waals surface area (Å²) >= 11 is 0. The number of aryl methyl sites for hydroxylation is 1. The zero-order chi connectivity index (χ0) is 14.9. The van der Waals surface area contributed by atoms with Crippen LogP contribution < -0.4 is 0 Å². The van der Waals surface area contributed by atoms with Crippen LogP contribution in [-0.2, 0) is 0 Å². The molecular weight excluding hydrogens is 270 g/mol. The van der Waals surface area contributed by atoms with E-state index in [0.717, 1.165) is 22.2 Å². The Labute approximate surface area is 129 Å². The summed E-state index contributed by atoms with van der Waals surface area (Å²) in [4.78, 5) is 4.64. The molecule has 0 aliphatic rings. The summed E-state index contributed by atoms with van der Waals surface area (Å²) in [5, 5.41) is 0. The van der Waals surface area contributed by atoms with E-state index in [9.17, 15) is 0 Å². The lowest BCUT2D eigenvalue weighted by Gasteiger charge is -2.08. The molecular formula is C20H15NO. The van der Waals surface area contributed by atoms with Gasteiger partial charge in [-0.05, 0) is 36.2 Å². The van der Waals surface area contributed by atoms with Crippen molar-refractivity contribution in [3.8, 4) is 22.6 Å². The first-order chi connectivity index (χ1) is 10.8. The van der Waals surface area contributed by atoms with E-state index < -0.39 is 0 Å². The van der Waals surface area contributed by atoms with E-state index >= 15 is 0 Å². The predicted molar refractivity (Wildman–Crippen MR) is 89.6 cm³/mol. The van der Waals surface area contributed by atoms with E-state index in [0.29, 0.717) is 5.89 Å². The first kappa shape index (κ1) is 12.8. The molecule has 0 saturated carbocycles. The van der Waals surface area contributed by atoms with Crippen molar-refractivity contribution >= 4 is 11.1 Å². The number of nitrogens with zero attached hydrogens (tertiary/aromatic N) is 1. The summed E-state index contributed by atoms with van der Waals surface area (Å²) in [7, 11) is 0. The standard InChI is InChI=1S/C20H15NO/c1-14-11-12-16(15-7-3-2-4-8-15)17(13-14)20-21-18-9-5-6-10-19(18)22-20/h2-13H,1H3. The van der Waals surface area contributed by atoms with Crippen molar-refractivity contribution in [2.45, 2.75) is 6.92 Å². The molecule has 106 valence electrons. The van der Waals surface area contributed by atoms with E-state index in [2.05, 4.69) is 42.2 Å². The van der Waals surface area contributed by atoms with Gasteiger partial charge in [-0.25, -0.2) is 4.98 Å². The average molecular weight is 285 g/mol. The fourth-order valence-corrected chi connectivity index (χ4v) is 2.69. The van der Waals surface area contributed by atoms with Gasteiger partial charge in [-0.3, -0.25) is 0 Å². The molecule has 0 aliphatic heterocycles. The van der Waals surface area contributed by atoms with Gasteiger partial charge in [0, 0.05) is 5.56 Å². The Morgan fingerprint density at radius 3 is 2.36 bits per heavy atom. The highest BCUT2D eigenvalue weighted by molar-refractivity contribution is 5.84. The smallest absolute Gasteiger partial charge is 0.227 e. The Kier molecular flexibility index (Phi) is 3.01. The SMILES string of the molecule is Cc1ccc(-c2ccccc2)c(-c2nc3ccccc3o2)c1. The van der Waals surface area contributed by atoms with Gasteiger partial charge in [0.25, 0.3) is 0 Å². The Morgan fingerprint density at radius 1 is 0.773 bits per heavy atom. The van der Waals surface area contributed by atoms with Crippen LogP contribution in [0.5, 0.6) is 0 Å². The second kappa shape index (κ2) is 5.15. The first-order valence-corrected chi connectivity index (χ1v) is 7.33. The quantitative estimate of drug-likeness (QED) is 0.488. The molecule has 0 N–H and O–H groups in total. The number of rotatable bonds is 2. The van der Waals surface area contributed by atoms with E-state index in [-0.39, 0.29) is 0 Å². The summed E-state index contributed by atoms with van der Waals surface area (Å²) in [6.07, 6.45) is 0. The molecule has 1 heterocycles.